The van der Waals surface area contributed by atoms with Crippen LogP contribution in [-0.2, 0) is 4.79 Å². The van der Waals surface area contributed by atoms with E-state index in [-0.39, 0.29) is 30.0 Å². The maximum absolute atomic E-state index is 13.9. The first-order valence-electron chi connectivity index (χ1n) is 6.97. The lowest BCUT2D eigenvalue weighted by Crippen LogP contribution is -2.37. The van der Waals surface area contributed by atoms with Crippen LogP contribution in [0.5, 0.6) is 5.75 Å². The minimum atomic E-state index is -0.500. The first-order valence-corrected chi connectivity index (χ1v) is 6.97. The Hall–Kier alpha value is -1.98. The number of likely N-dealkylation sites (N-methyl/N-ethyl adjacent to an activating group) is 2. The van der Waals surface area contributed by atoms with E-state index in [9.17, 15) is 9.18 Å². The van der Waals surface area contributed by atoms with E-state index in [1.54, 1.807) is 25.1 Å². The lowest BCUT2D eigenvalue weighted by Gasteiger charge is -2.26. The molecule has 0 unspecified atom stereocenters. The molecule has 2 N–H and O–H groups in total. The monoisotopic (exact) mass is 297 g/mol. The fourth-order valence-corrected chi connectivity index (χ4v) is 1.85. The number of hydrogen-bond acceptors (Lipinski definition) is 4. The zero-order valence-electron chi connectivity index (χ0n) is 13.3. The van der Waals surface area contributed by atoms with E-state index in [1.807, 2.05) is 20.8 Å². The fourth-order valence-electron chi connectivity index (χ4n) is 1.85. The number of benzene rings is 1. The summed E-state index contributed by atoms with van der Waals surface area (Å²) in [5.74, 6) is -0.406. The smallest absolute Gasteiger partial charge is 0.241 e. The summed E-state index contributed by atoms with van der Waals surface area (Å²) in [6, 6.07) is 2.78. The van der Waals surface area contributed by atoms with Crippen molar-refractivity contribution in [2.75, 3.05) is 37.8 Å². The molecule has 0 aliphatic carbocycles. The maximum Gasteiger partial charge on any atom is 0.241 e. The summed E-state index contributed by atoms with van der Waals surface area (Å²) in [5.41, 5.74) is 6.78. The number of nitrogens with zero attached hydrogens (tertiary/aromatic N) is 2. The average molecular weight is 297 g/mol. The van der Waals surface area contributed by atoms with Crippen molar-refractivity contribution in [2.24, 2.45) is 0 Å². The van der Waals surface area contributed by atoms with Gasteiger partial charge in [-0.25, -0.2) is 4.39 Å². The number of anilines is 2. The van der Waals surface area contributed by atoms with Gasteiger partial charge in [0.25, 0.3) is 0 Å². The van der Waals surface area contributed by atoms with Crippen LogP contribution in [-0.4, -0.2) is 44.1 Å². The van der Waals surface area contributed by atoms with Gasteiger partial charge in [0.2, 0.25) is 5.91 Å². The first kappa shape index (κ1) is 17.1. The standard InChI is InChI=1S/C15H24FN3O2/c1-6-19(9-15(20)18(4)5)13-8-14(21-10(2)3)11(16)7-12(13)17/h7-8,10H,6,9,17H2,1-5H3. The molecule has 1 aromatic carbocycles. The number of nitrogens with two attached hydrogens (primary N) is 1. The lowest BCUT2D eigenvalue weighted by atomic mass is 10.2. The molecule has 21 heavy (non-hydrogen) atoms. The number of amides is 1. The van der Waals surface area contributed by atoms with Gasteiger partial charge in [-0.05, 0) is 20.8 Å². The second-order valence-electron chi connectivity index (χ2n) is 5.31. The zero-order chi connectivity index (χ0) is 16.2. The van der Waals surface area contributed by atoms with Gasteiger partial charge in [0.1, 0.15) is 0 Å². The van der Waals surface area contributed by atoms with E-state index in [0.717, 1.165) is 0 Å². The second-order valence-corrected chi connectivity index (χ2v) is 5.31. The highest BCUT2D eigenvalue weighted by Gasteiger charge is 2.17. The van der Waals surface area contributed by atoms with Crippen molar-refractivity contribution in [1.82, 2.24) is 4.90 Å². The van der Waals surface area contributed by atoms with Crippen LogP contribution in [0.2, 0.25) is 0 Å². The van der Waals surface area contributed by atoms with Crippen molar-refractivity contribution < 1.29 is 13.9 Å². The van der Waals surface area contributed by atoms with Crippen LogP contribution in [0.3, 0.4) is 0 Å². The Morgan fingerprint density at radius 3 is 2.48 bits per heavy atom. The molecule has 0 aliphatic rings. The van der Waals surface area contributed by atoms with Crippen molar-refractivity contribution in [3.63, 3.8) is 0 Å². The summed E-state index contributed by atoms with van der Waals surface area (Å²) >= 11 is 0. The van der Waals surface area contributed by atoms with Gasteiger partial charge in [0.15, 0.2) is 11.6 Å². The van der Waals surface area contributed by atoms with E-state index in [4.69, 9.17) is 10.5 Å². The van der Waals surface area contributed by atoms with Crippen LogP contribution in [0.1, 0.15) is 20.8 Å². The summed E-state index contributed by atoms with van der Waals surface area (Å²) in [6.45, 7) is 6.32. The molecule has 0 fully saturated rings. The highest BCUT2D eigenvalue weighted by Crippen LogP contribution is 2.31. The van der Waals surface area contributed by atoms with Crippen LogP contribution < -0.4 is 15.4 Å². The van der Waals surface area contributed by atoms with Gasteiger partial charge < -0.3 is 20.3 Å². The summed E-state index contributed by atoms with van der Waals surface area (Å²) in [5, 5.41) is 0. The molecule has 0 saturated carbocycles. The van der Waals surface area contributed by atoms with E-state index in [2.05, 4.69) is 0 Å². The Morgan fingerprint density at radius 1 is 1.38 bits per heavy atom. The quantitative estimate of drug-likeness (QED) is 0.817. The van der Waals surface area contributed by atoms with Gasteiger partial charge in [0.05, 0.1) is 24.0 Å². The zero-order valence-corrected chi connectivity index (χ0v) is 13.3. The molecular formula is C15H24FN3O2. The van der Waals surface area contributed by atoms with E-state index in [1.165, 1.54) is 11.0 Å². The third kappa shape index (κ3) is 4.51. The van der Waals surface area contributed by atoms with Crippen LogP contribution in [0.4, 0.5) is 15.8 Å². The Morgan fingerprint density at radius 2 is 2.00 bits per heavy atom. The third-order valence-corrected chi connectivity index (χ3v) is 2.99. The first-order chi connectivity index (χ1) is 9.76. The summed E-state index contributed by atoms with van der Waals surface area (Å²) < 4.78 is 19.3. The third-order valence-electron chi connectivity index (χ3n) is 2.99. The van der Waals surface area contributed by atoms with Crippen LogP contribution in [0.15, 0.2) is 12.1 Å². The molecule has 0 radical (unpaired) electrons. The van der Waals surface area contributed by atoms with Crippen molar-refractivity contribution in [1.29, 1.82) is 0 Å². The van der Waals surface area contributed by atoms with Gasteiger partial charge in [-0.2, -0.15) is 0 Å². The summed E-state index contributed by atoms with van der Waals surface area (Å²) in [6.07, 6.45) is -0.144. The number of halogens is 1. The Bertz CT molecular complexity index is 504. The average Bonchev–Trinajstić information content (AvgIpc) is 2.38. The van der Waals surface area contributed by atoms with Crippen molar-refractivity contribution >= 4 is 17.3 Å². The Kier molecular flexibility index (Phi) is 5.81. The van der Waals surface area contributed by atoms with Crippen molar-refractivity contribution in [3.05, 3.63) is 17.9 Å². The molecule has 5 nitrogen and oxygen atoms in total. The minimum Gasteiger partial charge on any atom is -0.488 e. The number of carbonyl (C=O) groups excluding carboxylic acids is 1. The van der Waals surface area contributed by atoms with Gasteiger partial charge in [0, 0.05) is 32.8 Å². The van der Waals surface area contributed by atoms with E-state index in [0.29, 0.717) is 12.2 Å². The minimum absolute atomic E-state index is 0.0492. The number of hydrogen-bond donors (Lipinski definition) is 1. The van der Waals surface area contributed by atoms with E-state index < -0.39 is 5.82 Å². The lowest BCUT2D eigenvalue weighted by molar-refractivity contribution is -0.127. The molecule has 1 rings (SSSR count). The molecule has 1 aromatic rings. The molecule has 0 heterocycles. The molecule has 0 spiro atoms. The van der Waals surface area contributed by atoms with Gasteiger partial charge in [-0.15, -0.1) is 0 Å². The maximum atomic E-state index is 13.9. The summed E-state index contributed by atoms with van der Waals surface area (Å²) in [4.78, 5) is 15.2. The summed E-state index contributed by atoms with van der Waals surface area (Å²) in [7, 11) is 3.38. The predicted octanol–water partition coefficient (Wildman–Crippen LogP) is 2.11. The SMILES string of the molecule is CCN(CC(=O)N(C)C)c1cc(OC(C)C)c(F)cc1N. The number of nitrogen functional groups attached to an aromatic ring is 1. The number of carbonyl (C=O) groups is 1. The molecule has 0 aliphatic heterocycles. The van der Waals surface area contributed by atoms with Crippen molar-refractivity contribution in [2.45, 2.75) is 26.9 Å². The molecule has 0 bridgehead atoms. The van der Waals surface area contributed by atoms with E-state index >= 15 is 0 Å². The van der Waals surface area contributed by atoms with Crippen LogP contribution in [0.25, 0.3) is 0 Å². The molecule has 118 valence electrons. The highest BCUT2D eigenvalue weighted by molar-refractivity contribution is 5.83. The van der Waals surface area contributed by atoms with Gasteiger partial charge in [-0.1, -0.05) is 0 Å². The molecular weight excluding hydrogens is 273 g/mol. The van der Waals surface area contributed by atoms with Crippen LogP contribution in [0, 0.1) is 5.82 Å². The number of ether oxygens (including phenoxy) is 1. The number of rotatable bonds is 6. The largest absolute Gasteiger partial charge is 0.488 e. The predicted molar refractivity (Wildman–Crippen MR) is 83.2 cm³/mol. The normalized spacial score (nSPS) is 10.6. The Labute approximate surface area is 125 Å². The van der Waals surface area contributed by atoms with Gasteiger partial charge >= 0.3 is 0 Å². The molecule has 6 heteroatoms. The molecule has 0 aromatic heterocycles. The molecule has 0 atom stereocenters. The highest BCUT2D eigenvalue weighted by atomic mass is 19.1. The van der Waals surface area contributed by atoms with Gasteiger partial charge in [-0.3, -0.25) is 4.79 Å². The molecule has 0 saturated heterocycles. The fraction of sp³-hybridized carbons (Fsp3) is 0.533. The molecule has 1 amide bonds. The topological polar surface area (TPSA) is 58.8 Å². The van der Waals surface area contributed by atoms with Crippen molar-refractivity contribution in [3.8, 4) is 5.75 Å². The second kappa shape index (κ2) is 7.15. The Balaban J connectivity index is 3.11. The van der Waals surface area contributed by atoms with Crippen LogP contribution >= 0.6 is 0 Å².